The van der Waals surface area contributed by atoms with Crippen molar-refractivity contribution < 1.29 is 14.3 Å². The second kappa shape index (κ2) is 10.1. The van der Waals surface area contributed by atoms with Crippen molar-refractivity contribution in [2.45, 2.75) is 54.1 Å². The van der Waals surface area contributed by atoms with E-state index in [4.69, 9.17) is 4.74 Å². The Kier molecular flexibility index (Phi) is 7.79. The molecule has 2 rings (SSSR count). The zero-order chi connectivity index (χ0) is 20.7. The molecule has 0 saturated heterocycles. The van der Waals surface area contributed by atoms with Gasteiger partial charge in [-0.3, -0.25) is 14.3 Å². The molecule has 0 aliphatic rings. The van der Waals surface area contributed by atoms with Gasteiger partial charge in [-0.15, -0.1) is 0 Å². The van der Waals surface area contributed by atoms with E-state index in [1.165, 1.54) is 0 Å². The number of carbonyl (C=O) groups excluding carboxylic acids is 2. The third-order valence-electron chi connectivity index (χ3n) is 4.70. The maximum Gasteiger partial charge on any atom is 0.310 e. The van der Waals surface area contributed by atoms with Crippen LogP contribution in [0.4, 0.5) is 0 Å². The van der Waals surface area contributed by atoms with Gasteiger partial charge in [0.1, 0.15) is 0 Å². The molecule has 0 bridgehead atoms. The van der Waals surface area contributed by atoms with Gasteiger partial charge >= 0.3 is 5.97 Å². The van der Waals surface area contributed by atoms with E-state index < -0.39 is 5.97 Å². The molecule has 1 amide bonds. The Bertz CT molecular complexity index is 797. The van der Waals surface area contributed by atoms with Gasteiger partial charge in [0, 0.05) is 30.9 Å². The summed E-state index contributed by atoms with van der Waals surface area (Å²) in [5.74, 6) is -0.122. The van der Waals surface area contributed by atoms with E-state index in [0.717, 1.165) is 29.1 Å². The molecule has 6 nitrogen and oxygen atoms in total. The van der Waals surface area contributed by atoms with Crippen LogP contribution in [0.25, 0.3) is 0 Å². The molecule has 6 heteroatoms. The topological polar surface area (TPSA) is 64.4 Å². The Labute approximate surface area is 167 Å². The summed E-state index contributed by atoms with van der Waals surface area (Å²) < 4.78 is 7.20. The summed E-state index contributed by atoms with van der Waals surface area (Å²) >= 11 is 0. The fourth-order valence-electron chi connectivity index (χ4n) is 3.12. The van der Waals surface area contributed by atoms with Gasteiger partial charge in [0.15, 0.2) is 6.61 Å². The Morgan fingerprint density at radius 2 is 1.86 bits per heavy atom. The van der Waals surface area contributed by atoms with Gasteiger partial charge in [-0.05, 0) is 32.3 Å². The van der Waals surface area contributed by atoms with Crippen LogP contribution in [0.15, 0.2) is 30.3 Å². The van der Waals surface area contributed by atoms with E-state index in [-0.39, 0.29) is 18.9 Å². The molecular formula is C22H31N3O3. The molecule has 0 spiro atoms. The molecule has 0 fully saturated rings. The van der Waals surface area contributed by atoms with Crippen LogP contribution in [-0.4, -0.2) is 39.7 Å². The van der Waals surface area contributed by atoms with E-state index >= 15 is 0 Å². The summed E-state index contributed by atoms with van der Waals surface area (Å²) in [5.41, 5.74) is 3.75. The fraction of sp³-hybridized carbons (Fsp3) is 0.500. The molecule has 0 atom stereocenters. The van der Waals surface area contributed by atoms with Crippen molar-refractivity contribution in [3.63, 3.8) is 0 Å². The minimum Gasteiger partial charge on any atom is -0.455 e. The second-order valence-corrected chi connectivity index (χ2v) is 7.46. The number of ether oxygens (including phenoxy) is 1. The third-order valence-corrected chi connectivity index (χ3v) is 4.70. The summed E-state index contributed by atoms with van der Waals surface area (Å²) in [4.78, 5) is 26.4. The lowest BCUT2D eigenvalue weighted by Crippen LogP contribution is -2.34. The maximum absolute atomic E-state index is 12.4. The summed E-state index contributed by atoms with van der Waals surface area (Å²) in [6, 6.07) is 9.77. The average molecular weight is 386 g/mol. The molecule has 1 aromatic carbocycles. The van der Waals surface area contributed by atoms with Crippen LogP contribution >= 0.6 is 0 Å². The number of hydrogen-bond acceptors (Lipinski definition) is 4. The quantitative estimate of drug-likeness (QED) is 0.622. The number of amides is 1. The van der Waals surface area contributed by atoms with Crippen molar-refractivity contribution in [3.05, 3.63) is 52.8 Å². The molecule has 0 radical (unpaired) electrons. The normalized spacial score (nSPS) is 10.9. The summed E-state index contributed by atoms with van der Waals surface area (Å²) in [6.45, 7) is 11.7. The lowest BCUT2D eigenvalue weighted by atomic mass is 10.1. The van der Waals surface area contributed by atoms with Gasteiger partial charge in [-0.2, -0.15) is 5.10 Å². The number of esters is 1. The molecule has 2 aromatic rings. The Morgan fingerprint density at radius 3 is 2.46 bits per heavy atom. The molecule has 0 aliphatic carbocycles. The van der Waals surface area contributed by atoms with Crippen molar-refractivity contribution in [2.75, 3.05) is 13.2 Å². The van der Waals surface area contributed by atoms with E-state index in [0.29, 0.717) is 19.0 Å². The predicted octanol–water partition coefficient (Wildman–Crippen LogP) is 3.29. The summed E-state index contributed by atoms with van der Waals surface area (Å²) in [5, 5.41) is 4.52. The Morgan fingerprint density at radius 1 is 1.18 bits per heavy atom. The zero-order valence-electron chi connectivity index (χ0n) is 17.6. The zero-order valence-corrected chi connectivity index (χ0v) is 17.6. The number of rotatable bonds is 9. The van der Waals surface area contributed by atoms with Gasteiger partial charge in [-0.1, -0.05) is 44.2 Å². The first-order valence-electron chi connectivity index (χ1n) is 9.82. The number of hydrogen-bond donors (Lipinski definition) is 0. The summed E-state index contributed by atoms with van der Waals surface area (Å²) in [6.07, 6.45) is 0.133. The number of benzene rings is 1. The number of nitrogens with zero attached hydrogens (tertiary/aromatic N) is 3. The highest BCUT2D eigenvalue weighted by Crippen LogP contribution is 2.16. The van der Waals surface area contributed by atoms with Crippen molar-refractivity contribution in [1.29, 1.82) is 0 Å². The Balaban J connectivity index is 1.91. The molecular weight excluding hydrogens is 354 g/mol. The van der Waals surface area contributed by atoms with Gasteiger partial charge in [-0.25, -0.2) is 0 Å². The number of likely N-dealkylation sites (N-methyl/N-ethyl adjacent to an activating group) is 1. The second-order valence-electron chi connectivity index (χ2n) is 7.46. The highest BCUT2D eigenvalue weighted by Gasteiger charge is 2.19. The van der Waals surface area contributed by atoms with E-state index in [2.05, 4.69) is 18.9 Å². The van der Waals surface area contributed by atoms with Crippen LogP contribution in [0.1, 0.15) is 43.3 Å². The molecule has 0 saturated carbocycles. The van der Waals surface area contributed by atoms with Gasteiger partial charge in [0.2, 0.25) is 0 Å². The molecule has 1 heterocycles. The van der Waals surface area contributed by atoms with Crippen LogP contribution in [0, 0.1) is 19.8 Å². The minimum absolute atomic E-state index is 0.133. The number of aromatic nitrogens is 2. The van der Waals surface area contributed by atoms with Crippen molar-refractivity contribution in [1.82, 2.24) is 14.7 Å². The Hall–Kier alpha value is -2.63. The number of aryl methyl sites for hydroxylation is 1. The lowest BCUT2D eigenvalue weighted by molar-refractivity contribution is -0.151. The molecule has 0 unspecified atom stereocenters. The van der Waals surface area contributed by atoms with Crippen LogP contribution in [0.5, 0.6) is 0 Å². The molecule has 152 valence electrons. The van der Waals surface area contributed by atoms with Gasteiger partial charge in [0.25, 0.3) is 5.91 Å². The monoisotopic (exact) mass is 385 g/mol. The minimum atomic E-state index is -0.403. The molecule has 28 heavy (non-hydrogen) atoms. The molecule has 0 N–H and O–H groups in total. The summed E-state index contributed by atoms with van der Waals surface area (Å²) in [7, 11) is 0. The first kappa shape index (κ1) is 21.7. The van der Waals surface area contributed by atoms with Gasteiger partial charge in [0.05, 0.1) is 12.1 Å². The smallest absolute Gasteiger partial charge is 0.310 e. The predicted molar refractivity (Wildman–Crippen MR) is 109 cm³/mol. The van der Waals surface area contributed by atoms with E-state index in [1.54, 1.807) is 4.90 Å². The average Bonchev–Trinajstić information content (AvgIpc) is 2.91. The fourth-order valence-corrected chi connectivity index (χ4v) is 3.12. The van der Waals surface area contributed by atoms with Crippen LogP contribution in [0.3, 0.4) is 0 Å². The van der Waals surface area contributed by atoms with Crippen molar-refractivity contribution >= 4 is 11.9 Å². The standard InChI is InChI=1S/C22H31N3O3/c1-6-24(14-19-10-8-7-9-11-19)21(26)15-28-22(27)12-20-17(4)23-25(18(20)5)13-16(2)3/h7-11,16H,6,12-15H2,1-5H3. The highest BCUT2D eigenvalue weighted by atomic mass is 16.5. The molecule has 0 aliphatic heterocycles. The van der Waals surface area contributed by atoms with Crippen LogP contribution in [0.2, 0.25) is 0 Å². The maximum atomic E-state index is 12.4. The SMILES string of the molecule is CCN(Cc1ccccc1)C(=O)COC(=O)Cc1c(C)nn(CC(C)C)c1C. The third kappa shape index (κ3) is 5.94. The van der Waals surface area contributed by atoms with Crippen LogP contribution in [-0.2, 0) is 33.8 Å². The number of carbonyl (C=O) groups is 2. The van der Waals surface area contributed by atoms with Crippen LogP contribution < -0.4 is 0 Å². The first-order chi connectivity index (χ1) is 13.3. The first-order valence-corrected chi connectivity index (χ1v) is 9.82. The van der Waals surface area contributed by atoms with E-state index in [1.807, 2.05) is 55.8 Å². The van der Waals surface area contributed by atoms with Gasteiger partial charge < -0.3 is 9.64 Å². The van der Waals surface area contributed by atoms with Crippen molar-refractivity contribution in [3.8, 4) is 0 Å². The van der Waals surface area contributed by atoms with Crippen molar-refractivity contribution in [2.24, 2.45) is 5.92 Å². The van der Waals surface area contributed by atoms with E-state index in [9.17, 15) is 9.59 Å². The molecule has 1 aromatic heterocycles. The largest absolute Gasteiger partial charge is 0.455 e. The lowest BCUT2D eigenvalue weighted by Gasteiger charge is -2.20. The highest BCUT2D eigenvalue weighted by molar-refractivity contribution is 5.81.